The van der Waals surface area contributed by atoms with Crippen molar-refractivity contribution < 1.29 is 9.59 Å². The number of anilines is 1. The van der Waals surface area contributed by atoms with Gasteiger partial charge in [0.05, 0.1) is 11.8 Å². The number of nitrogens with zero attached hydrogens (tertiary/aromatic N) is 5. The number of halogens is 1. The van der Waals surface area contributed by atoms with Gasteiger partial charge in [0, 0.05) is 31.9 Å². The predicted molar refractivity (Wildman–Crippen MR) is 119 cm³/mol. The minimum atomic E-state index is -0.590. The van der Waals surface area contributed by atoms with Gasteiger partial charge in [-0.25, -0.2) is 9.97 Å². The highest BCUT2D eigenvalue weighted by molar-refractivity contribution is 6.30. The highest BCUT2D eigenvalue weighted by Gasteiger charge is 2.26. The summed E-state index contributed by atoms with van der Waals surface area (Å²) in [5.74, 6) is 1.13. The fourth-order valence-corrected chi connectivity index (χ4v) is 4.30. The second-order valence-electron chi connectivity index (χ2n) is 8.18. The lowest BCUT2D eigenvalue weighted by atomic mass is 9.93. The molecule has 0 aliphatic carbocycles. The van der Waals surface area contributed by atoms with E-state index in [0.29, 0.717) is 41.4 Å². The van der Waals surface area contributed by atoms with Crippen molar-refractivity contribution in [3.05, 3.63) is 34.5 Å². The van der Waals surface area contributed by atoms with Crippen molar-refractivity contribution in [1.82, 2.24) is 30.0 Å². The fourth-order valence-electron chi connectivity index (χ4n) is 3.99. The van der Waals surface area contributed by atoms with Crippen molar-refractivity contribution in [3.8, 4) is 0 Å². The van der Waals surface area contributed by atoms with Crippen LogP contribution >= 0.6 is 11.6 Å². The van der Waals surface area contributed by atoms with Crippen LogP contribution in [0.2, 0.25) is 5.15 Å². The molecule has 2 amide bonds. The zero-order valence-corrected chi connectivity index (χ0v) is 19.0. The standard InChI is InChI=1S/C21H30ClN7O2/c1-13(25-20(30)16-11-24-28(3)12-16)21(31)29-9-4-5-15(8-10-29)6-7-17-18(22)26-14(2)27-19(17)23/h11-13,15H,4-10H2,1-3H3,(H,25,30)(H2,23,26,27)/t13-,15?/m0/s1. The first-order valence-corrected chi connectivity index (χ1v) is 11.0. The quantitative estimate of drug-likeness (QED) is 0.654. The first kappa shape index (κ1) is 23.0. The third-order valence-corrected chi connectivity index (χ3v) is 6.06. The Morgan fingerprint density at radius 1 is 1.32 bits per heavy atom. The van der Waals surface area contributed by atoms with Crippen LogP contribution < -0.4 is 11.1 Å². The van der Waals surface area contributed by atoms with Gasteiger partial charge in [-0.05, 0) is 51.9 Å². The molecule has 1 saturated heterocycles. The second-order valence-corrected chi connectivity index (χ2v) is 8.54. The molecule has 2 aromatic heterocycles. The van der Waals surface area contributed by atoms with Gasteiger partial charge in [0.1, 0.15) is 22.8 Å². The smallest absolute Gasteiger partial charge is 0.255 e. The van der Waals surface area contributed by atoms with Crippen molar-refractivity contribution >= 4 is 29.2 Å². The van der Waals surface area contributed by atoms with Crippen molar-refractivity contribution in [2.45, 2.75) is 52.0 Å². The Morgan fingerprint density at radius 3 is 2.77 bits per heavy atom. The largest absolute Gasteiger partial charge is 0.383 e. The highest BCUT2D eigenvalue weighted by atomic mass is 35.5. The van der Waals surface area contributed by atoms with Gasteiger partial charge in [0.2, 0.25) is 5.91 Å². The first-order valence-electron chi connectivity index (χ1n) is 10.6. The van der Waals surface area contributed by atoms with Gasteiger partial charge in [-0.15, -0.1) is 0 Å². The predicted octanol–water partition coefficient (Wildman–Crippen LogP) is 2.13. The van der Waals surface area contributed by atoms with Gasteiger partial charge in [0.25, 0.3) is 5.91 Å². The van der Waals surface area contributed by atoms with Crippen molar-refractivity contribution in [2.75, 3.05) is 18.8 Å². The van der Waals surface area contributed by atoms with Crippen LogP contribution in [0.4, 0.5) is 5.82 Å². The maximum absolute atomic E-state index is 12.9. The van der Waals surface area contributed by atoms with E-state index in [1.807, 2.05) is 4.90 Å². The summed E-state index contributed by atoms with van der Waals surface area (Å²) in [6.07, 6.45) is 7.62. The molecule has 3 heterocycles. The molecule has 1 aliphatic heterocycles. The van der Waals surface area contributed by atoms with Crippen LogP contribution in [0, 0.1) is 12.8 Å². The Kier molecular flexibility index (Phi) is 7.48. The number of hydrogen-bond donors (Lipinski definition) is 2. The maximum atomic E-state index is 12.9. The van der Waals surface area contributed by atoms with E-state index >= 15 is 0 Å². The number of carbonyl (C=O) groups is 2. The summed E-state index contributed by atoms with van der Waals surface area (Å²) < 4.78 is 1.56. The van der Waals surface area contributed by atoms with Gasteiger partial charge in [0.15, 0.2) is 0 Å². The molecular weight excluding hydrogens is 418 g/mol. The molecule has 1 aliphatic rings. The van der Waals surface area contributed by atoms with E-state index in [4.69, 9.17) is 17.3 Å². The second kappa shape index (κ2) is 10.1. The molecule has 0 spiro atoms. The van der Waals surface area contributed by atoms with Gasteiger partial charge in [-0.2, -0.15) is 5.10 Å². The molecule has 1 fully saturated rings. The Balaban J connectivity index is 1.51. The monoisotopic (exact) mass is 447 g/mol. The van der Waals surface area contributed by atoms with Crippen LogP contribution in [0.5, 0.6) is 0 Å². The van der Waals surface area contributed by atoms with Crippen LogP contribution in [-0.2, 0) is 18.3 Å². The summed E-state index contributed by atoms with van der Waals surface area (Å²) in [5.41, 5.74) is 7.26. The van der Waals surface area contributed by atoms with E-state index in [-0.39, 0.29) is 11.8 Å². The molecule has 0 saturated carbocycles. The highest BCUT2D eigenvalue weighted by Crippen LogP contribution is 2.27. The summed E-state index contributed by atoms with van der Waals surface area (Å²) >= 11 is 6.25. The summed E-state index contributed by atoms with van der Waals surface area (Å²) in [4.78, 5) is 35.4. The van der Waals surface area contributed by atoms with Gasteiger partial charge in [-0.1, -0.05) is 11.6 Å². The van der Waals surface area contributed by atoms with Crippen LogP contribution in [0.15, 0.2) is 12.4 Å². The Labute approximate surface area is 187 Å². The zero-order valence-electron chi connectivity index (χ0n) is 18.3. The number of likely N-dealkylation sites (tertiary alicyclic amines) is 1. The summed E-state index contributed by atoms with van der Waals surface area (Å²) in [5, 5.41) is 7.19. The van der Waals surface area contributed by atoms with E-state index in [2.05, 4.69) is 20.4 Å². The van der Waals surface area contributed by atoms with Crippen LogP contribution in [0.25, 0.3) is 0 Å². The zero-order chi connectivity index (χ0) is 22.5. The van der Waals surface area contributed by atoms with E-state index in [1.165, 1.54) is 6.20 Å². The third-order valence-electron chi connectivity index (χ3n) is 5.75. The molecule has 3 N–H and O–H groups in total. The van der Waals surface area contributed by atoms with Gasteiger partial charge >= 0.3 is 0 Å². The average molecular weight is 448 g/mol. The average Bonchev–Trinajstić information content (AvgIpc) is 3.01. The van der Waals surface area contributed by atoms with Crippen LogP contribution in [0.3, 0.4) is 0 Å². The summed E-state index contributed by atoms with van der Waals surface area (Å²) in [6, 6.07) is -0.590. The minimum absolute atomic E-state index is 0.0582. The number of nitrogen functional groups attached to an aromatic ring is 1. The molecule has 1 unspecified atom stereocenters. The third kappa shape index (κ3) is 5.94. The molecule has 168 valence electrons. The summed E-state index contributed by atoms with van der Waals surface area (Å²) in [7, 11) is 1.74. The molecule has 2 aromatic rings. The molecular formula is C21H30ClN7O2. The van der Waals surface area contributed by atoms with E-state index in [9.17, 15) is 9.59 Å². The number of nitrogens with one attached hydrogen (secondary N) is 1. The Morgan fingerprint density at radius 2 is 2.10 bits per heavy atom. The van der Waals surface area contributed by atoms with E-state index < -0.39 is 6.04 Å². The summed E-state index contributed by atoms with van der Waals surface area (Å²) in [6.45, 7) is 4.85. The van der Waals surface area contributed by atoms with Crippen molar-refractivity contribution in [2.24, 2.45) is 13.0 Å². The number of hydrogen-bond acceptors (Lipinski definition) is 6. The lowest BCUT2D eigenvalue weighted by Gasteiger charge is -2.24. The molecule has 10 heteroatoms. The van der Waals surface area contributed by atoms with Crippen molar-refractivity contribution in [3.63, 3.8) is 0 Å². The minimum Gasteiger partial charge on any atom is -0.383 e. The maximum Gasteiger partial charge on any atom is 0.255 e. The molecule has 2 atom stereocenters. The molecule has 0 aromatic carbocycles. The topological polar surface area (TPSA) is 119 Å². The number of rotatable bonds is 6. The molecule has 9 nitrogen and oxygen atoms in total. The van der Waals surface area contributed by atoms with E-state index in [0.717, 1.165) is 37.7 Å². The lowest BCUT2D eigenvalue weighted by Crippen LogP contribution is -2.47. The van der Waals surface area contributed by atoms with Gasteiger partial charge < -0.3 is 16.0 Å². The number of amides is 2. The Bertz CT molecular complexity index is 923. The number of aromatic nitrogens is 4. The number of aryl methyl sites for hydroxylation is 2. The molecule has 0 bridgehead atoms. The Hall–Kier alpha value is -2.68. The first-order chi connectivity index (χ1) is 14.7. The van der Waals surface area contributed by atoms with Crippen LogP contribution in [0.1, 0.15) is 54.4 Å². The SMILES string of the molecule is Cc1nc(N)c(CCC2CCCN(C(=O)[C@H](C)NC(=O)c3cnn(C)c3)CC2)c(Cl)n1. The van der Waals surface area contributed by atoms with Crippen molar-refractivity contribution in [1.29, 1.82) is 0 Å². The number of nitrogens with two attached hydrogens (primary N) is 1. The molecule has 0 radical (unpaired) electrons. The lowest BCUT2D eigenvalue weighted by molar-refractivity contribution is -0.132. The van der Waals surface area contributed by atoms with E-state index in [1.54, 1.807) is 31.8 Å². The van der Waals surface area contributed by atoms with Gasteiger partial charge in [-0.3, -0.25) is 14.3 Å². The molecule has 3 rings (SSSR count). The normalized spacial score (nSPS) is 17.8. The molecule has 31 heavy (non-hydrogen) atoms. The van der Waals surface area contributed by atoms with Crippen LogP contribution in [-0.4, -0.2) is 55.6 Å². The fraction of sp³-hybridized carbons (Fsp3) is 0.571. The number of carbonyl (C=O) groups excluding carboxylic acids is 2.